The van der Waals surface area contributed by atoms with Crippen molar-refractivity contribution in [2.45, 2.75) is 6.42 Å². The Balaban J connectivity index is 1.93. The van der Waals surface area contributed by atoms with E-state index in [0.717, 1.165) is 27.5 Å². The molecule has 1 aromatic heterocycles. The minimum Gasteiger partial charge on any atom is -0.360 e. The minimum absolute atomic E-state index is 0.0245. The zero-order chi connectivity index (χ0) is 15.0. The van der Waals surface area contributed by atoms with Crippen molar-refractivity contribution in [1.82, 2.24) is 4.98 Å². The summed E-state index contributed by atoms with van der Waals surface area (Å²) < 4.78 is 26.9. The highest BCUT2D eigenvalue weighted by Crippen LogP contribution is 2.24. The number of aromatic nitrogens is 1. The van der Waals surface area contributed by atoms with Crippen LogP contribution >= 0.6 is 15.9 Å². The standard InChI is InChI=1S/C16H10BrF2NO/c17-10-2-4-15-11(7-10)12(8-20-15)16(21)6-9-1-3-13(18)14(19)5-9/h1-5,7-8,20H,6H2. The fraction of sp³-hybridized carbons (Fsp3) is 0.0625. The van der Waals surface area contributed by atoms with Crippen molar-refractivity contribution < 1.29 is 13.6 Å². The molecule has 0 unspecified atom stereocenters. The van der Waals surface area contributed by atoms with E-state index in [9.17, 15) is 13.6 Å². The van der Waals surface area contributed by atoms with Gasteiger partial charge in [0, 0.05) is 33.6 Å². The van der Waals surface area contributed by atoms with Gasteiger partial charge >= 0.3 is 0 Å². The summed E-state index contributed by atoms with van der Waals surface area (Å²) >= 11 is 3.37. The van der Waals surface area contributed by atoms with E-state index in [-0.39, 0.29) is 12.2 Å². The van der Waals surface area contributed by atoms with E-state index >= 15 is 0 Å². The lowest BCUT2D eigenvalue weighted by Gasteiger charge is -2.02. The van der Waals surface area contributed by atoms with Crippen molar-refractivity contribution in [2.75, 3.05) is 0 Å². The molecule has 2 nitrogen and oxygen atoms in total. The number of hydrogen-bond donors (Lipinski definition) is 1. The molecule has 0 amide bonds. The van der Waals surface area contributed by atoms with E-state index in [2.05, 4.69) is 20.9 Å². The molecule has 0 radical (unpaired) electrons. The largest absolute Gasteiger partial charge is 0.360 e. The third-order valence-electron chi connectivity index (χ3n) is 3.29. The fourth-order valence-corrected chi connectivity index (χ4v) is 2.61. The fourth-order valence-electron chi connectivity index (χ4n) is 2.25. The molecule has 106 valence electrons. The quantitative estimate of drug-likeness (QED) is 0.686. The van der Waals surface area contributed by atoms with Gasteiger partial charge in [0.2, 0.25) is 0 Å². The van der Waals surface area contributed by atoms with Crippen LogP contribution in [-0.4, -0.2) is 10.8 Å². The number of halogens is 3. The second kappa shape index (κ2) is 5.41. The number of rotatable bonds is 3. The van der Waals surface area contributed by atoms with Crippen molar-refractivity contribution in [3.05, 3.63) is 69.8 Å². The molecule has 0 saturated carbocycles. The SMILES string of the molecule is O=C(Cc1ccc(F)c(F)c1)c1c[nH]c2ccc(Br)cc12. The minimum atomic E-state index is -0.943. The predicted octanol–water partition coefficient (Wildman–Crippen LogP) is 4.63. The Hall–Kier alpha value is -2.01. The van der Waals surface area contributed by atoms with Crippen LogP contribution in [0.2, 0.25) is 0 Å². The van der Waals surface area contributed by atoms with E-state index in [1.165, 1.54) is 6.07 Å². The molecule has 2 aromatic carbocycles. The number of aromatic amines is 1. The number of benzene rings is 2. The van der Waals surface area contributed by atoms with Gasteiger partial charge in [-0.05, 0) is 35.9 Å². The summed E-state index contributed by atoms with van der Waals surface area (Å²) in [7, 11) is 0. The van der Waals surface area contributed by atoms with Gasteiger partial charge in [-0.15, -0.1) is 0 Å². The number of H-pyrrole nitrogens is 1. The number of hydrogen-bond acceptors (Lipinski definition) is 1. The molecule has 0 fully saturated rings. The van der Waals surface area contributed by atoms with E-state index in [0.29, 0.717) is 11.1 Å². The Morgan fingerprint density at radius 1 is 1.10 bits per heavy atom. The van der Waals surface area contributed by atoms with Gasteiger partial charge in [-0.1, -0.05) is 22.0 Å². The molecule has 1 N–H and O–H groups in total. The summed E-state index contributed by atoms with van der Waals surface area (Å²) in [6.45, 7) is 0. The van der Waals surface area contributed by atoms with E-state index in [4.69, 9.17) is 0 Å². The summed E-state index contributed by atoms with van der Waals surface area (Å²) in [4.78, 5) is 15.4. The zero-order valence-electron chi connectivity index (χ0n) is 10.8. The van der Waals surface area contributed by atoms with Gasteiger partial charge in [-0.2, -0.15) is 0 Å². The molecule has 0 aliphatic carbocycles. The van der Waals surface area contributed by atoms with Crippen molar-refractivity contribution in [2.24, 2.45) is 0 Å². The first kappa shape index (κ1) is 13.9. The number of ketones is 1. The van der Waals surface area contributed by atoms with Crippen LogP contribution in [0.3, 0.4) is 0 Å². The monoisotopic (exact) mass is 349 g/mol. The third-order valence-corrected chi connectivity index (χ3v) is 3.79. The van der Waals surface area contributed by atoms with Crippen LogP contribution in [0.4, 0.5) is 8.78 Å². The Kier molecular flexibility index (Phi) is 3.59. The summed E-state index contributed by atoms with van der Waals surface area (Å²) in [5.41, 5.74) is 1.84. The zero-order valence-corrected chi connectivity index (χ0v) is 12.4. The van der Waals surface area contributed by atoms with Gasteiger partial charge < -0.3 is 4.98 Å². The molecule has 0 bridgehead atoms. The first-order valence-corrected chi connectivity index (χ1v) is 7.07. The molecular formula is C16H10BrF2NO. The normalized spacial score (nSPS) is 11.0. The molecule has 0 aliphatic rings. The van der Waals surface area contributed by atoms with Crippen LogP contribution in [0.5, 0.6) is 0 Å². The Bertz CT molecular complexity index is 841. The number of carbonyl (C=O) groups excluding carboxylic acids is 1. The lowest BCUT2D eigenvalue weighted by molar-refractivity contribution is 0.0994. The predicted molar refractivity (Wildman–Crippen MR) is 80.4 cm³/mol. The van der Waals surface area contributed by atoms with Crippen LogP contribution in [0.15, 0.2) is 47.1 Å². The highest BCUT2D eigenvalue weighted by Gasteiger charge is 2.14. The van der Waals surface area contributed by atoms with Crippen LogP contribution < -0.4 is 0 Å². The van der Waals surface area contributed by atoms with Crippen molar-refractivity contribution in [3.63, 3.8) is 0 Å². The lowest BCUT2D eigenvalue weighted by atomic mass is 10.0. The van der Waals surface area contributed by atoms with Gasteiger partial charge in [0.1, 0.15) is 0 Å². The van der Waals surface area contributed by atoms with Crippen LogP contribution in [0.25, 0.3) is 10.9 Å². The Labute approximate surface area is 127 Å². The van der Waals surface area contributed by atoms with E-state index in [1.54, 1.807) is 6.20 Å². The van der Waals surface area contributed by atoms with Crippen molar-refractivity contribution in [1.29, 1.82) is 0 Å². The smallest absolute Gasteiger partial charge is 0.169 e. The average Bonchev–Trinajstić information content (AvgIpc) is 2.86. The van der Waals surface area contributed by atoms with Crippen molar-refractivity contribution >= 4 is 32.6 Å². The third kappa shape index (κ3) is 2.74. The molecule has 0 saturated heterocycles. The van der Waals surface area contributed by atoms with Gasteiger partial charge in [0.15, 0.2) is 17.4 Å². The summed E-state index contributed by atoms with van der Waals surface area (Å²) in [5.74, 6) is -2.01. The maximum absolute atomic E-state index is 13.2. The first-order chi connectivity index (χ1) is 10.0. The first-order valence-electron chi connectivity index (χ1n) is 6.28. The summed E-state index contributed by atoms with van der Waals surface area (Å²) in [5, 5.41) is 0.803. The second-order valence-corrected chi connectivity index (χ2v) is 5.66. The molecule has 21 heavy (non-hydrogen) atoms. The number of carbonyl (C=O) groups is 1. The van der Waals surface area contributed by atoms with Crippen LogP contribution in [0.1, 0.15) is 15.9 Å². The van der Waals surface area contributed by atoms with E-state index < -0.39 is 11.6 Å². The van der Waals surface area contributed by atoms with Crippen LogP contribution in [0, 0.1) is 11.6 Å². The number of nitrogens with one attached hydrogen (secondary N) is 1. The maximum Gasteiger partial charge on any atom is 0.169 e. The number of Topliss-reactive ketones (excluding diaryl/α,β-unsaturated/α-hetero) is 1. The molecular weight excluding hydrogens is 340 g/mol. The molecule has 5 heteroatoms. The highest BCUT2D eigenvalue weighted by atomic mass is 79.9. The van der Waals surface area contributed by atoms with Gasteiger partial charge in [0.25, 0.3) is 0 Å². The van der Waals surface area contributed by atoms with Gasteiger partial charge in [-0.3, -0.25) is 4.79 Å². The second-order valence-electron chi connectivity index (χ2n) is 4.74. The van der Waals surface area contributed by atoms with Crippen molar-refractivity contribution in [3.8, 4) is 0 Å². The van der Waals surface area contributed by atoms with Gasteiger partial charge in [-0.25, -0.2) is 8.78 Å². The van der Waals surface area contributed by atoms with E-state index in [1.807, 2.05) is 18.2 Å². The molecule has 0 aliphatic heterocycles. The summed E-state index contributed by atoms with van der Waals surface area (Å²) in [6, 6.07) is 9.10. The molecule has 3 aromatic rings. The molecule has 0 spiro atoms. The summed E-state index contributed by atoms with van der Waals surface area (Å²) in [6.07, 6.45) is 1.66. The molecule has 1 heterocycles. The van der Waals surface area contributed by atoms with Gasteiger partial charge in [0.05, 0.1) is 0 Å². The number of fused-ring (bicyclic) bond motifs is 1. The average molecular weight is 350 g/mol. The maximum atomic E-state index is 13.2. The lowest BCUT2D eigenvalue weighted by Crippen LogP contribution is -2.03. The topological polar surface area (TPSA) is 32.9 Å². The Morgan fingerprint density at radius 2 is 1.90 bits per heavy atom. The molecule has 3 rings (SSSR count). The highest BCUT2D eigenvalue weighted by molar-refractivity contribution is 9.10. The Morgan fingerprint density at radius 3 is 2.67 bits per heavy atom. The van der Waals surface area contributed by atoms with Crippen LogP contribution in [-0.2, 0) is 6.42 Å². The molecule has 0 atom stereocenters.